The molecule has 4 amide bonds. The van der Waals surface area contributed by atoms with Gasteiger partial charge in [-0.1, -0.05) is 64.3 Å². The molecule has 0 bridgehead atoms. The number of carbonyl (C=O) groups excluding carboxylic acids is 4. The summed E-state index contributed by atoms with van der Waals surface area (Å²) in [6.45, 7) is 10.5. The maximum atomic E-state index is 14.0. The zero-order valence-electron chi connectivity index (χ0n) is 38.8. The third kappa shape index (κ3) is 10.3. The van der Waals surface area contributed by atoms with Crippen molar-refractivity contribution >= 4 is 52.3 Å². The quantitative estimate of drug-likeness (QED) is 0.0635. The Balaban J connectivity index is 0.758. The molecule has 1 saturated heterocycles. The van der Waals surface area contributed by atoms with Crippen LogP contribution in [0.3, 0.4) is 0 Å². The number of nitrogens with one attached hydrogen (secondary N) is 5. The zero-order valence-corrected chi connectivity index (χ0v) is 39.6. The normalized spacial score (nSPS) is 19.6. The number of hydrogen-bond acceptors (Lipinski definition) is 12. The van der Waals surface area contributed by atoms with Gasteiger partial charge in [-0.2, -0.15) is 0 Å². The predicted molar refractivity (Wildman–Crippen MR) is 254 cm³/mol. The first kappa shape index (κ1) is 46.8. The van der Waals surface area contributed by atoms with Crippen LogP contribution in [0.15, 0.2) is 53.0 Å². The molecule has 16 nitrogen and oxygen atoms in total. The van der Waals surface area contributed by atoms with Crippen molar-refractivity contribution in [3.8, 4) is 10.4 Å². The van der Waals surface area contributed by atoms with Crippen LogP contribution in [0.1, 0.15) is 132 Å². The monoisotopic (exact) mass is 920 g/mol. The molecule has 3 fully saturated rings. The Bertz CT molecular complexity index is 2500. The van der Waals surface area contributed by atoms with Crippen LogP contribution in [0.25, 0.3) is 10.4 Å². The number of carbonyl (C=O) groups is 4. The Hall–Kier alpha value is -5.68. The van der Waals surface area contributed by atoms with Gasteiger partial charge in [0, 0.05) is 38.5 Å². The highest BCUT2D eigenvalue weighted by molar-refractivity contribution is 7.13. The molecule has 2 spiro atoms. The molecule has 3 atom stereocenters. The molecule has 4 aliphatic rings. The summed E-state index contributed by atoms with van der Waals surface area (Å²) in [6.07, 6.45) is 11.3. The maximum Gasteiger partial charge on any atom is 0.276 e. The van der Waals surface area contributed by atoms with Crippen molar-refractivity contribution in [3.05, 3.63) is 81.1 Å². The minimum atomic E-state index is -0.873. The molecule has 352 valence electrons. The number of likely N-dealkylation sites (tertiary alicyclic amines) is 1. The van der Waals surface area contributed by atoms with Crippen molar-refractivity contribution in [3.63, 3.8) is 0 Å². The van der Waals surface area contributed by atoms with Crippen LogP contribution in [0, 0.1) is 24.7 Å². The second kappa shape index (κ2) is 19.3. The first-order chi connectivity index (χ1) is 31.5. The molecule has 1 aromatic carbocycles. The first-order valence-electron chi connectivity index (χ1n) is 23.5. The first-order valence-corrected chi connectivity index (χ1v) is 24.4. The average molecular weight is 921 g/mol. The van der Waals surface area contributed by atoms with E-state index in [1.807, 2.05) is 64.4 Å². The van der Waals surface area contributed by atoms with E-state index in [4.69, 9.17) is 0 Å². The summed E-state index contributed by atoms with van der Waals surface area (Å²) in [6, 6.07) is 9.69. The fraction of sp³-hybridized carbons (Fsp3) is 0.551. The van der Waals surface area contributed by atoms with Crippen molar-refractivity contribution in [2.45, 2.75) is 148 Å². The second-order valence-electron chi connectivity index (χ2n) is 20.0. The molecule has 66 heavy (non-hydrogen) atoms. The number of unbranched alkanes of at least 4 members (excludes halogenated alkanes) is 4. The van der Waals surface area contributed by atoms with E-state index in [9.17, 15) is 29.1 Å². The number of anilines is 3. The molecule has 2 aliphatic heterocycles. The van der Waals surface area contributed by atoms with Gasteiger partial charge in [0.15, 0.2) is 0 Å². The molecule has 6 N–H and O–H groups in total. The van der Waals surface area contributed by atoms with E-state index < -0.39 is 29.3 Å². The molecule has 2 aliphatic carbocycles. The van der Waals surface area contributed by atoms with Gasteiger partial charge in [0.1, 0.15) is 47.1 Å². The lowest BCUT2D eigenvalue weighted by atomic mass is 9.79. The Labute approximate surface area is 390 Å². The molecule has 4 aromatic rings. The summed E-state index contributed by atoms with van der Waals surface area (Å²) in [7, 11) is 0. The molecule has 5 heterocycles. The Kier molecular flexibility index (Phi) is 13.7. The topological polar surface area (TPSA) is 213 Å². The van der Waals surface area contributed by atoms with Crippen molar-refractivity contribution < 1.29 is 24.3 Å². The van der Waals surface area contributed by atoms with Crippen LogP contribution in [0.5, 0.6) is 0 Å². The summed E-state index contributed by atoms with van der Waals surface area (Å²) < 4.78 is 1.70. The molecule has 8 rings (SSSR count). The molecule has 17 heteroatoms. The number of amides is 4. The number of hydrogen-bond donors (Lipinski definition) is 6. The number of aliphatic hydroxyl groups excluding tert-OH is 1. The Morgan fingerprint density at radius 1 is 0.924 bits per heavy atom. The highest BCUT2D eigenvalue weighted by atomic mass is 32.1. The van der Waals surface area contributed by atoms with Gasteiger partial charge in [-0.25, -0.2) is 15.0 Å². The highest BCUT2D eigenvalue weighted by Crippen LogP contribution is 2.59. The number of aromatic nitrogens is 4. The standard InChI is InChI=1S/C49H64N10O6S/c1-30-23-35(45(64)59-40(30)44(63)57-49(59)20-18-48(16-17-48)19-21-49)55-38-25-37(52-28-53-38)50-22-10-8-6-7-9-11-39(61)56-42(47(3,4)5)46(65)58-27-34(60)24-36(58)43(62)51-26-32-12-14-33(15-13-32)41-31(2)54-29-66-41/h12-15,23,25,28-29,34,36,42,60H,6-11,16-22,24,26-27H2,1-5H3,(H,51,62)(H,56,61)(H,57,63)(H2,50,52,53,55)/t34-,36+,42-/m1/s1. The van der Waals surface area contributed by atoms with E-state index in [2.05, 4.69) is 41.5 Å². The van der Waals surface area contributed by atoms with Gasteiger partial charge in [0.2, 0.25) is 17.7 Å². The number of rotatable bonds is 17. The molecule has 2 saturated carbocycles. The van der Waals surface area contributed by atoms with Gasteiger partial charge in [-0.05, 0) is 98.8 Å². The second-order valence-corrected chi connectivity index (χ2v) is 20.9. The average Bonchev–Trinajstić information content (AvgIpc) is 3.54. The van der Waals surface area contributed by atoms with Gasteiger partial charge >= 0.3 is 0 Å². The van der Waals surface area contributed by atoms with Crippen LogP contribution in [0.4, 0.5) is 17.3 Å². The van der Waals surface area contributed by atoms with Gasteiger partial charge in [-0.3, -0.25) is 28.5 Å². The van der Waals surface area contributed by atoms with Crippen LogP contribution >= 0.6 is 11.3 Å². The van der Waals surface area contributed by atoms with Crippen LogP contribution in [-0.4, -0.2) is 84.4 Å². The fourth-order valence-corrected chi connectivity index (χ4v) is 10.7. The highest BCUT2D eigenvalue weighted by Gasteiger charge is 2.54. The summed E-state index contributed by atoms with van der Waals surface area (Å²) >= 11 is 1.58. The van der Waals surface area contributed by atoms with Gasteiger partial charge in [0.05, 0.1) is 22.2 Å². The summed E-state index contributed by atoms with van der Waals surface area (Å²) in [5.41, 5.74) is 5.18. The molecular formula is C49H64N10O6S. The third-order valence-electron chi connectivity index (χ3n) is 14.0. The SMILES string of the molecule is Cc1cc(Nc2cc(NCCCCCCCC(=O)N[C@H](C(=O)N3C[C@H](O)C[C@H]3C(=O)NCc3ccc(-c4scnc4C)cc3)C(C)(C)C)ncn2)c(=O)n2c1C(=O)NC21CCC2(CC2)CC1. The lowest BCUT2D eigenvalue weighted by Crippen LogP contribution is -2.57. The molecule has 0 unspecified atom stereocenters. The number of β-amino-alcohol motifs (C(OH)–C–C–N with tert-alkyl or cyclic N) is 1. The smallest absolute Gasteiger partial charge is 0.276 e. The Morgan fingerprint density at radius 3 is 2.32 bits per heavy atom. The van der Waals surface area contributed by atoms with Crippen molar-refractivity contribution in [1.82, 2.24) is 40.4 Å². The lowest BCUT2D eigenvalue weighted by Gasteiger charge is -2.39. The van der Waals surface area contributed by atoms with E-state index in [1.165, 1.54) is 24.1 Å². The fourth-order valence-electron chi connectivity index (χ4n) is 9.90. The molecular weight excluding hydrogens is 857 g/mol. The third-order valence-corrected chi connectivity index (χ3v) is 15.0. The predicted octanol–water partition coefficient (Wildman–Crippen LogP) is 6.43. The zero-order chi connectivity index (χ0) is 46.8. The largest absolute Gasteiger partial charge is 0.391 e. The maximum absolute atomic E-state index is 14.0. The summed E-state index contributed by atoms with van der Waals surface area (Å²) in [5.74, 6) is -0.0258. The number of aliphatic hydroxyl groups is 1. The van der Waals surface area contributed by atoms with E-state index in [0.29, 0.717) is 41.4 Å². The summed E-state index contributed by atoms with van der Waals surface area (Å²) in [4.78, 5) is 83.3. The van der Waals surface area contributed by atoms with Crippen LogP contribution in [0.2, 0.25) is 0 Å². The number of pyridine rings is 1. The van der Waals surface area contributed by atoms with E-state index in [-0.39, 0.29) is 55.1 Å². The number of aryl methyl sites for hydroxylation is 2. The Morgan fingerprint density at radius 2 is 1.62 bits per heavy atom. The molecule has 0 radical (unpaired) electrons. The van der Waals surface area contributed by atoms with E-state index in [0.717, 1.165) is 78.6 Å². The van der Waals surface area contributed by atoms with Crippen molar-refractivity contribution in [1.29, 1.82) is 0 Å². The van der Waals surface area contributed by atoms with Gasteiger partial charge in [-0.15, -0.1) is 11.3 Å². The van der Waals surface area contributed by atoms with Crippen LogP contribution in [-0.2, 0) is 26.6 Å². The number of benzene rings is 1. The van der Waals surface area contributed by atoms with Gasteiger partial charge in [0.25, 0.3) is 11.5 Å². The minimum Gasteiger partial charge on any atom is -0.391 e. The van der Waals surface area contributed by atoms with Crippen molar-refractivity contribution in [2.75, 3.05) is 23.7 Å². The van der Waals surface area contributed by atoms with Crippen LogP contribution < -0.4 is 32.1 Å². The molecule has 3 aromatic heterocycles. The number of nitrogens with zero attached hydrogens (tertiary/aromatic N) is 5. The summed E-state index contributed by atoms with van der Waals surface area (Å²) in [5, 5.41) is 26.2. The van der Waals surface area contributed by atoms with Crippen molar-refractivity contribution in [2.24, 2.45) is 10.8 Å². The minimum absolute atomic E-state index is 0.0197. The number of thiazole rings is 1. The number of fused-ring (bicyclic) bond motifs is 2. The van der Waals surface area contributed by atoms with E-state index in [1.54, 1.807) is 28.0 Å². The van der Waals surface area contributed by atoms with E-state index >= 15 is 0 Å². The lowest BCUT2D eigenvalue weighted by molar-refractivity contribution is -0.144. The van der Waals surface area contributed by atoms with Gasteiger partial charge < -0.3 is 36.6 Å².